The Labute approximate surface area is 220 Å². The second kappa shape index (κ2) is 15.3. The molecule has 0 radical (unpaired) electrons. The van der Waals surface area contributed by atoms with Gasteiger partial charge in [0.1, 0.15) is 11.9 Å². The first-order valence-corrected chi connectivity index (χ1v) is 13.6. The highest BCUT2D eigenvalue weighted by molar-refractivity contribution is 5.87. The van der Waals surface area contributed by atoms with Gasteiger partial charge < -0.3 is 25.4 Å². The molecule has 1 amide bonds. The summed E-state index contributed by atoms with van der Waals surface area (Å²) < 4.78 is 5.55. The fourth-order valence-electron chi connectivity index (χ4n) is 4.58. The molecule has 0 fully saturated rings. The van der Waals surface area contributed by atoms with Crippen molar-refractivity contribution in [2.75, 3.05) is 44.7 Å². The van der Waals surface area contributed by atoms with E-state index in [2.05, 4.69) is 27.7 Å². The molecule has 0 aliphatic carbocycles. The molecule has 0 spiro atoms. The summed E-state index contributed by atoms with van der Waals surface area (Å²) >= 11 is 0. The highest BCUT2D eigenvalue weighted by atomic mass is 16.5. The number of unbranched alkanes of at least 4 members (excludes halogenated alkanes) is 1. The van der Waals surface area contributed by atoms with E-state index in [4.69, 9.17) is 9.72 Å². The van der Waals surface area contributed by atoms with Crippen molar-refractivity contribution in [1.82, 2.24) is 15.2 Å². The number of carboxylic acid groups (broad SMARTS) is 1. The van der Waals surface area contributed by atoms with Crippen LogP contribution in [0.1, 0.15) is 62.3 Å². The van der Waals surface area contributed by atoms with Gasteiger partial charge in [-0.05, 0) is 76.1 Å². The first-order chi connectivity index (χ1) is 18.0. The van der Waals surface area contributed by atoms with Gasteiger partial charge in [-0.1, -0.05) is 36.4 Å². The van der Waals surface area contributed by atoms with Gasteiger partial charge >= 0.3 is 5.97 Å². The van der Waals surface area contributed by atoms with Crippen molar-refractivity contribution in [3.8, 4) is 0 Å². The number of rotatable bonds is 16. The fourth-order valence-corrected chi connectivity index (χ4v) is 4.58. The SMILES string of the molecule is CCOCCN(CCCCc1ccc2c(n1)NCCC2)CCC(NC(=O)C(C)c1ccccc1)C(=O)O. The largest absolute Gasteiger partial charge is 0.480 e. The van der Waals surface area contributed by atoms with E-state index in [1.165, 1.54) is 5.56 Å². The van der Waals surface area contributed by atoms with E-state index in [-0.39, 0.29) is 5.91 Å². The molecule has 3 N–H and O–H groups in total. The smallest absolute Gasteiger partial charge is 0.326 e. The van der Waals surface area contributed by atoms with Gasteiger partial charge in [-0.25, -0.2) is 9.78 Å². The van der Waals surface area contributed by atoms with Gasteiger partial charge in [-0.15, -0.1) is 0 Å². The Kier molecular flexibility index (Phi) is 11.8. The topological polar surface area (TPSA) is 104 Å². The van der Waals surface area contributed by atoms with Crippen LogP contribution in [0, 0.1) is 0 Å². The zero-order valence-corrected chi connectivity index (χ0v) is 22.2. The van der Waals surface area contributed by atoms with E-state index in [9.17, 15) is 14.7 Å². The third kappa shape index (κ3) is 9.44. The van der Waals surface area contributed by atoms with E-state index in [0.29, 0.717) is 26.2 Å². The second-order valence-electron chi connectivity index (χ2n) is 9.66. The molecule has 1 aliphatic rings. The van der Waals surface area contributed by atoms with Gasteiger partial charge in [0.05, 0.1) is 12.5 Å². The molecule has 3 rings (SSSR count). The number of nitrogens with zero attached hydrogens (tertiary/aromatic N) is 2. The van der Waals surface area contributed by atoms with Gasteiger partial charge in [0, 0.05) is 31.9 Å². The molecule has 202 valence electrons. The Morgan fingerprint density at radius 1 is 1.14 bits per heavy atom. The number of aliphatic carboxylic acids is 1. The number of fused-ring (bicyclic) bond motifs is 1. The monoisotopic (exact) mass is 510 g/mol. The van der Waals surface area contributed by atoms with Crippen molar-refractivity contribution in [2.45, 2.75) is 64.3 Å². The molecular formula is C29H42N4O4. The maximum atomic E-state index is 12.7. The number of aromatic nitrogens is 1. The number of ether oxygens (including phenoxy) is 1. The van der Waals surface area contributed by atoms with Gasteiger partial charge in [-0.3, -0.25) is 4.79 Å². The Hall–Kier alpha value is -2.97. The van der Waals surface area contributed by atoms with Crippen LogP contribution in [0.15, 0.2) is 42.5 Å². The Bertz CT molecular complexity index is 985. The average Bonchev–Trinajstić information content (AvgIpc) is 2.92. The number of carbonyl (C=O) groups excluding carboxylic acids is 1. The number of aryl methyl sites for hydroxylation is 2. The number of anilines is 1. The summed E-state index contributed by atoms with van der Waals surface area (Å²) in [6, 6.07) is 12.8. The summed E-state index contributed by atoms with van der Waals surface area (Å²) in [5.41, 5.74) is 3.28. The normalized spacial score (nSPS) is 14.5. The predicted molar refractivity (Wildman–Crippen MR) is 146 cm³/mol. The van der Waals surface area contributed by atoms with E-state index in [1.807, 2.05) is 37.3 Å². The van der Waals surface area contributed by atoms with Crippen LogP contribution >= 0.6 is 0 Å². The lowest BCUT2D eigenvalue weighted by atomic mass is 10.00. The third-order valence-corrected chi connectivity index (χ3v) is 6.91. The standard InChI is InChI=1S/C29H42N4O4/c1-3-37-21-20-33(18-8-7-13-25-15-14-24-12-9-17-30-27(24)31-25)19-16-26(29(35)36)32-28(34)22(2)23-10-5-4-6-11-23/h4-6,10-11,14-15,22,26H,3,7-9,12-13,16-21H2,1-2H3,(H,30,31)(H,32,34)(H,35,36). The number of benzene rings is 1. The van der Waals surface area contributed by atoms with E-state index in [1.54, 1.807) is 6.92 Å². The van der Waals surface area contributed by atoms with Crippen LogP contribution in [0.4, 0.5) is 5.82 Å². The van der Waals surface area contributed by atoms with Gasteiger partial charge in [-0.2, -0.15) is 0 Å². The van der Waals surface area contributed by atoms with Crippen LogP contribution in [-0.4, -0.2) is 72.3 Å². The highest BCUT2D eigenvalue weighted by Gasteiger charge is 2.24. The van der Waals surface area contributed by atoms with E-state index >= 15 is 0 Å². The summed E-state index contributed by atoms with van der Waals surface area (Å²) in [7, 11) is 0. The van der Waals surface area contributed by atoms with Crippen LogP contribution in [0.2, 0.25) is 0 Å². The Balaban J connectivity index is 1.48. The highest BCUT2D eigenvalue weighted by Crippen LogP contribution is 2.20. The van der Waals surface area contributed by atoms with Crippen molar-refractivity contribution in [2.24, 2.45) is 0 Å². The average molecular weight is 511 g/mol. The minimum atomic E-state index is -1.01. The minimum absolute atomic E-state index is 0.272. The first kappa shape index (κ1) is 28.6. The molecular weight excluding hydrogens is 468 g/mol. The molecule has 8 nitrogen and oxygen atoms in total. The zero-order chi connectivity index (χ0) is 26.5. The molecule has 2 heterocycles. The summed E-state index contributed by atoms with van der Waals surface area (Å²) in [6.07, 6.45) is 5.49. The lowest BCUT2D eigenvalue weighted by Gasteiger charge is -2.25. The van der Waals surface area contributed by atoms with Crippen molar-refractivity contribution in [3.05, 3.63) is 59.3 Å². The number of hydrogen-bond donors (Lipinski definition) is 3. The molecule has 0 bridgehead atoms. The molecule has 1 aromatic carbocycles. The number of hydrogen-bond acceptors (Lipinski definition) is 6. The summed E-state index contributed by atoms with van der Waals surface area (Å²) in [5.74, 6) is -0.660. The van der Waals surface area contributed by atoms with Crippen molar-refractivity contribution < 1.29 is 19.4 Å². The predicted octanol–water partition coefficient (Wildman–Crippen LogP) is 3.86. The lowest BCUT2D eigenvalue weighted by Crippen LogP contribution is -2.45. The van der Waals surface area contributed by atoms with Crippen molar-refractivity contribution in [3.63, 3.8) is 0 Å². The van der Waals surface area contributed by atoms with E-state index < -0.39 is 17.9 Å². The number of pyridine rings is 1. The molecule has 0 saturated carbocycles. The summed E-state index contributed by atoms with van der Waals surface area (Å²) in [6.45, 7) is 8.15. The van der Waals surface area contributed by atoms with Gasteiger partial charge in [0.2, 0.25) is 5.91 Å². The maximum absolute atomic E-state index is 12.7. The van der Waals surface area contributed by atoms with Crippen LogP contribution < -0.4 is 10.6 Å². The molecule has 37 heavy (non-hydrogen) atoms. The fraction of sp³-hybridized carbons (Fsp3) is 0.552. The van der Waals surface area contributed by atoms with Crippen LogP contribution in [0.5, 0.6) is 0 Å². The van der Waals surface area contributed by atoms with Crippen LogP contribution in [0.25, 0.3) is 0 Å². The van der Waals surface area contributed by atoms with E-state index in [0.717, 1.165) is 68.8 Å². The second-order valence-corrected chi connectivity index (χ2v) is 9.66. The lowest BCUT2D eigenvalue weighted by molar-refractivity contribution is -0.142. The first-order valence-electron chi connectivity index (χ1n) is 13.6. The quantitative estimate of drug-likeness (QED) is 0.295. The summed E-state index contributed by atoms with van der Waals surface area (Å²) in [4.78, 5) is 31.7. The van der Waals surface area contributed by atoms with Gasteiger partial charge in [0.15, 0.2) is 0 Å². The molecule has 0 saturated heterocycles. The number of carboxylic acids is 1. The summed E-state index contributed by atoms with van der Waals surface area (Å²) in [5, 5.41) is 15.9. The number of nitrogens with one attached hydrogen (secondary N) is 2. The van der Waals surface area contributed by atoms with Crippen LogP contribution in [-0.2, 0) is 27.2 Å². The Morgan fingerprint density at radius 3 is 2.70 bits per heavy atom. The third-order valence-electron chi connectivity index (χ3n) is 6.91. The van der Waals surface area contributed by atoms with Crippen LogP contribution in [0.3, 0.4) is 0 Å². The molecule has 8 heteroatoms. The van der Waals surface area contributed by atoms with Crippen molar-refractivity contribution in [1.29, 1.82) is 0 Å². The zero-order valence-electron chi connectivity index (χ0n) is 22.2. The molecule has 1 aromatic heterocycles. The molecule has 1 aliphatic heterocycles. The molecule has 2 unspecified atom stereocenters. The maximum Gasteiger partial charge on any atom is 0.326 e. The molecule has 2 aromatic rings. The number of carbonyl (C=O) groups is 2. The number of amides is 1. The molecule has 2 atom stereocenters. The van der Waals surface area contributed by atoms with Crippen molar-refractivity contribution >= 4 is 17.7 Å². The Morgan fingerprint density at radius 2 is 1.95 bits per heavy atom. The van der Waals surface area contributed by atoms with Gasteiger partial charge in [0.25, 0.3) is 0 Å². The minimum Gasteiger partial charge on any atom is -0.480 e.